The van der Waals surface area contributed by atoms with Crippen LogP contribution < -0.4 is 14.5 Å². The van der Waals surface area contributed by atoms with Gasteiger partial charge in [0.1, 0.15) is 18.0 Å². The van der Waals surface area contributed by atoms with Crippen molar-refractivity contribution in [1.29, 1.82) is 0 Å². The largest absolute Gasteiger partial charge is 0.497 e. The number of likely N-dealkylation sites (tertiary alicyclic amines) is 1. The van der Waals surface area contributed by atoms with Gasteiger partial charge in [0.15, 0.2) is 0 Å². The van der Waals surface area contributed by atoms with Crippen molar-refractivity contribution in [2.45, 2.75) is 12.8 Å². The summed E-state index contributed by atoms with van der Waals surface area (Å²) in [6.07, 6.45) is 3.80. The summed E-state index contributed by atoms with van der Waals surface area (Å²) in [6, 6.07) is 9.83. The number of carbonyl (C=O) groups excluding carboxylic acids is 2. The third-order valence-corrected chi connectivity index (χ3v) is 5.95. The molecule has 2 saturated heterocycles. The van der Waals surface area contributed by atoms with Gasteiger partial charge in [-0.05, 0) is 43.2 Å². The third kappa shape index (κ3) is 4.45. The van der Waals surface area contributed by atoms with Crippen LogP contribution in [0.5, 0.6) is 5.75 Å². The van der Waals surface area contributed by atoms with Crippen LogP contribution in [0.2, 0.25) is 0 Å². The van der Waals surface area contributed by atoms with Crippen molar-refractivity contribution in [1.82, 2.24) is 9.88 Å². The number of Topliss-reactive ketones (excluding diaryl/α,β-unsaturated/α-hetero) is 1. The molecule has 154 valence electrons. The van der Waals surface area contributed by atoms with Crippen molar-refractivity contribution in [2.75, 3.05) is 57.8 Å². The number of nitrogens with one attached hydrogen (secondary N) is 2. The molecule has 7 heteroatoms. The van der Waals surface area contributed by atoms with E-state index in [0.717, 1.165) is 57.9 Å². The summed E-state index contributed by atoms with van der Waals surface area (Å²) in [5.74, 6) is 0.953. The first-order chi connectivity index (χ1) is 14.1. The highest BCUT2D eigenvalue weighted by molar-refractivity contribution is 6.00. The van der Waals surface area contributed by atoms with Gasteiger partial charge in [-0.2, -0.15) is 0 Å². The standard InChI is InChI=1S/C22H28N4O3/c1-29-19-6-4-18(5-7-19)25-12-10-24(11-13-25)16-21(27)17-14-20(23-15-17)22(28)26-8-2-3-9-26/h4-7,14-15,23H,2-3,8-13,16H2,1H3/p+1. The van der Waals surface area contributed by atoms with Crippen molar-refractivity contribution < 1.29 is 19.2 Å². The summed E-state index contributed by atoms with van der Waals surface area (Å²) < 4.78 is 5.22. The Bertz CT molecular complexity index is 847. The Balaban J connectivity index is 1.29. The Kier molecular flexibility index (Phi) is 5.85. The zero-order valence-corrected chi connectivity index (χ0v) is 16.9. The predicted octanol–water partition coefficient (Wildman–Crippen LogP) is 0.847. The number of carbonyl (C=O) groups is 2. The molecule has 2 aliphatic rings. The molecule has 4 rings (SSSR count). The molecule has 1 amide bonds. The van der Waals surface area contributed by atoms with E-state index in [-0.39, 0.29) is 11.7 Å². The van der Waals surface area contributed by atoms with Gasteiger partial charge in [-0.1, -0.05) is 0 Å². The molecule has 3 heterocycles. The monoisotopic (exact) mass is 397 g/mol. The molecule has 2 N–H and O–H groups in total. The first-order valence-electron chi connectivity index (χ1n) is 10.4. The molecule has 2 aromatic rings. The Hall–Kier alpha value is -2.80. The number of ether oxygens (including phenoxy) is 1. The van der Waals surface area contributed by atoms with Crippen molar-refractivity contribution in [3.63, 3.8) is 0 Å². The van der Waals surface area contributed by atoms with Crippen molar-refractivity contribution in [2.24, 2.45) is 0 Å². The molecule has 1 aromatic heterocycles. The molecule has 0 saturated carbocycles. The highest BCUT2D eigenvalue weighted by Gasteiger charge is 2.25. The van der Waals surface area contributed by atoms with E-state index in [1.54, 1.807) is 19.4 Å². The molecule has 0 radical (unpaired) electrons. The molecule has 0 aliphatic carbocycles. The number of quaternary nitrogens is 1. The first kappa shape index (κ1) is 19.5. The Morgan fingerprint density at radius 2 is 1.76 bits per heavy atom. The first-order valence-corrected chi connectivity index (χ1v) is 10.4. The molecule has 0 spiro atoms. The minimum atomic E-state index is 0.00185. The van der Waals surface area contributed by atoms with E-state index in [1.807, 2.05) is 17.0 Å². The second-order valence-electron chi connectivity index (χ2n) is 7.84. The number of aromatic nitrogens is 1. The normalized spacial score (nSPS) is 17.6. The molecule has 2 fully saturated rings. The number of piperazine rings is 1. The minimum Gasteiger partial charge on any atom is -0.497 e. The fraction of sp³-hybridized carbons (Fsp3) is 0.455. The molecule has 0 atom stereocenters. The van der Waals surface area contributed by atoms with Gasteiger partial charge in [0.2, 0.25) is 5.78 Å². The van der Waals surface area contributed by atoms with Crippen molar-refractivity contribution in [3.05, 3.63) is 47.8 Å². The third-order valence-electron chi connectivity index (χ3n) is 5.95. The molecule has 0 bridgehead atoms. The van der Waals surface area contributed by atoms with E-state index < -0.39 is 0 Å². The zero-order chi connectivity index (χ0) is 20.2. The maximum Gasteiger partial charge on any atom is 0.270 e. The summed E-state index contributed by atoms with van der Waals surface area (Å²) in [5.41, 5.74) is 2.32. The summed E-state index contributed by atoms with van der Waals surface area (Å²) >= 11 is 0. The second kappa shape index (κ2) is 8.69. The molecule has 0 unspecified atom stereocenters. The smallest absolute Gasteiger partial charge is 0.270 e. The number of nitrogens with zero attached hydrogens (tertiary/aromatic N) is 2. The van der Waals surface area contributed by atoms with E-state index in [1.165, 1.54) is 10.6 Å². The van der Waals surface area contributed by atoms with Gasteiger partial charge in [0.25, 0.3) is 5.91 Å². The van der Waals surface area contributed by atoms with Crippen molar-refractivity contribution >= 4 is 17.4 Å². The minimum absolute atomic E-state index is 0.00185. The summed E-state index contributed by atoms with van der Waals surface area (Å²) in [7, 11) is 1.67. The molecule has 1 aromatic carbocycles. The van der Waals surface area contributed by atoms with Crippen LogP contribution in [0.15, 0.2) is 36.5 Å². The lowest BCUT2D eigenvalue weighted by molar-refractivity contribution is -0.892. The van der Waals surface area contributed by atoms with Crippen LogP contribution >= 0.6 is 0 Å². The number of hydrogen-bond acceptors (Lipinski definition) is 4. The molecular formula is C22H29N4O3+. The van der Waals surface area contributed by atoms with Crippen LogP contribution in [0.4, 0.5) is 5.69 Å². The quantitative estimate of drug-likeness (QED) is 0.709. The maximum absolute atomic E-state index is 12.7. The van der Waals surface area contributed by atoms with Crippen LogP contribution in [-0.4, -0.2) is 74.5 Å². The Morgan fingerprint density at radius 1 is 1.07 bits per heavy atom. The molecule has 7 nitrogen and oxygen atoms in total. The average Bonchev–Trinajstić information content (AvgIpc) is 3.46. The highest BCUT2D eigenvalue weighted by atomic mass is 16.5. The number of amides is 1. The fourth-order valence-corrected chi connectivity index (χ4v) is 4.15. The Labute approximate surface area is 171 Å². The van der Waals surface area contributed by atoms with E-state index in [0.29, 0.717) is 17.8 Å². The number of hydrogen-bond donors (Lipinski definition) is 2. The van der Waals surface area contributed by atoms with Crippen LogP contribution in [0.25, 0.3) is 0 Å². The number of H-pyrrole nitrogens is 1. The lowest BCUT2D eigenvalue weighted by Crippen LogP contribution is -3.15. The lowest BCUT2D eigenvalue weighted by Gasteiger charge is -2.33. The van der Waals surface area contributed by atoms with Crippen molar-refractivity contribution in [3.8, 4) is 5.75 Å². The summed E-state index contributed by atoms with van der Waals surface area (Å²) in [5, 5.41) is 0. The predicted molar refractivity (Wildman–Crippen MR) is 111 cm³/mol. The van der Waals surface area contributed by atoms with Gasteiger partial charge in [0, 0.05) is 30.5 Å². The molecule has 2 aliphatic heterocycles. The number of aromatic amines is 1. The molecule has 29 heavy (non-hydrogen) atoms. The van der Waals surface area contributed by atoms with E-state index >= 15 is 0 Å². The van der Waals surface area contributed by atoms with Crippen LogP contribution in [0, 0.1) is 0 Å². The van der Waals surface area contributed by atoms with Gasteiger partial charge >= 0.3 is 0 Å². The van der Waals surface area contributed by atoms with Crippen LogP contribution in [0.3, 0.4) is 0 Å². The highest BCUT2D eigenvalue weighted by Crippen LogP contribution is 2.19. The Morgan fingerprint density at radius 3 is 2.41 bits per heavy atom. The summed E-state index contributed by atoms with van der Waals surface area (Å²) in [4.78, 5) is 33.6. The SMILES string of the molecule is COc1ccc(N2CC[NH+](CC(=O)c3c[nH]c(C(=O)N4CCCC4)c3)CC2)cc1. The number of anilines is 1. The summed E-state index contributed by atoms with van der Waals surface area (Å²) in [6.45, 7) is 5.75. The second-order valence-corrected chi connectivity index (χ2v) is 7.84. The van der Waals surface area contributed by atoms with Gasteiger partial charge in [-0.3, -0.25) is 9.59 Å². The number of benzene rings is 1. The average molecular weight is 397 g/mol. The number of rotatable bonds is 6. The van der Waals surface area contributed by atoms with Gasteiger partial charge in [0.05, 0.1) is 33.3 Å². The maximum atomic E-state index is 12.7. The zero-order valence-electron chi connectivity index (χ0n) is 16.9. The van der Waals surface area contributed by atoms with E-state index in [2.05, 4.69) is 22.0 Å². The van der Waals surface area contributed by atoms with Crippen LogP contribution in [0.1, 0.15) is 33.7 Å². The van der Waals surface area contributed by atoms with Gasteiger partial charge < -0.3 is 24.4 Å². The van der Waals surface area contributed by atoms with E-state index in [4.69, 9.17) is 4.74 Å². The molecular weight excluding hydrogens is 368 g/mol. The number of methoxy groups -OCH3 is 1. The fourth-order valence-electron chi connectivity index (χ4n) is 4.15. The van der Waals surface area contributed by atoms with Crippen LogP contribution in [-0.2, 0) is 0 Å². The lowest BCUT2D eigenvalue weighted by atomic mass is 10.1. The van der Waals surface area contributed by atoms with Gasteiger partial charge in [-0.15, -0.1) is 0 Å². The topological polar surface area (TPSA) is 70.1 Å². The number of ketones is 1. The van der Waals surface area contributed by atoms with Gasteiger partial charge in [-0.25, -0.2) is 0 Å². The van der Waals surface area contributed by atoms with E-state index in [9.17, 15) is 9.59 Å².